The maximum absolute atomic E-state index is 12.5. The third kappa shape index (κ3) is 3.48. The Bertz CT molecular complexity index is 317. The normalized spacial score (nSPS) is 31.2. The molecule has 1 saturated heterocycles. The molecule has 0 bridgehead atoms. The third-order valence-electron chi connectivity index (χ3n) is 3.94. The first-order chi connectivity index (χ1) is 8.39. The van der Waals surface area contributed by atoms with E-state index in [-0.39, 0.29) is 17.5 Å². The van der Waals surface area contributed by atoms with Gasteiger partial charge in [0, 0.05) is 30.7 Å². The number of piperidine rings is 1. The molecule has 0 radical (unpaired) electrons. The SMILES string of the molecule is CC1(CN2CC=C(C(F)(F)F)CC2)CCCCN1. The number of nitrogens with zero attached hydrogens (tertiary/aromatic N) is 1. The fraction of sp³-hybridized carbons (Fsp3) is 0.846. The van der Waals surface area contributed by atoms with Crippen molar-refractivity contribution in [3.63, 3.8) is 0 Å². The Balaban J connectivity index is 1.88. The van der Waals surface area contributed by atoms with Gasteiger partial charge in [-0.2, -0.15) is 13.2 Å². The van der Waals surface area contributed by atoms with Crippen molar-refractivity contribution in [3.8, 4) is 0 Å². The van der Waals surface area contributed by atoms with Gasteiger partial charge in [0.2, 0.25) is 0 Å². The van der Waals surface area contributed by atoms with Crippen LogP contribution in [0.2, 0.25) is 0 Å². The van der Waals surface area contributed by atoms with E-state index in [2.05, 4.69) is 17.1 Å². The summed E-state index contributed by atoms with van der Waals surface area (Å²) in [5, 5.41) is 3.50. The van der Waals surface area contributed by atoms with Crippen molar-refractivity contribution in [2.75, 3.05) is 26.2 Å². The van der Waals surface area contributed by atoms with Gasteiger partial charge in [0.1, 0.15) is 0 Å². The Kier molecular flexibility index (Phi) is 4.02. The average Bonchev–Trinajstić information content (AvgIpc) is 2.29. The molecule has 1 atom stereocenters. The standard InChI is InChI=1S/C13H21F3N2/c1-12(6-2-3-7-17-12)10-18-8-4-11(5-9-18)13(14,15)16/h4,17H,2-3,5-10H2,1H3. The molecule has 0 aromatic rings. The molecule has 2 nitrogen and oxygen atoms in total. The molecule has 18 heavy (non-hydrogen) atoms. The lowest BCUT2D eigenvalue weighted by Crippen LogP contribution is -2.54. The molecule has 0 amide bonds. The molecule has 0 aromatic carbocycles. The summed E-state index contributed by atoms with van der Waals surface area (Å²) in [6, 6.07) is 0. The molecule has 104 valence electrons. The highest BCUT2D eigenvalue weighted by Crippen LogP contribution is 2.30. The van der Waals surface area contributed by atoms with Gasteiger partial charge in [-0.25, -0.2) is 0 Å². The van der Waals surface area contributed by atoms with Crippen molar-refractivity contribution >= 4 is 0 Å². The molecule has 2 aliphatic heterocycles. The molecule has 0 aliphatic carbocycles. The number of halogens is 3. The van der Waals surface area contributed by atoms with E-state index in [9.17, 15) is 13.2 Å². The highest BCUT2D eigenvalue weighted by molar-refractivity contribution is 5.13. The molecule has 2 rings (SSSR count). The molecule has 2 heterocycles. The van der Waals surface area contributed by atoms with Gasteiger partial charge in [0.05, 0.1) is 0 Å². The fourth-order valence-electron chi connectivity index (χ4n) is 2.86. The van der Waals surface area contributed by atoms with Crippen molar-refractivity contribution in [2.45, 2.75) is 44.3 Å². The van der Waals surface area contributed by atoms with E-state index < -0.39 is 6.18 Å². The highest BCUT2D eigenvalue weighted by Gasteiger charge is 2.36. The summed E-state index contributed by atoms with van der Waals surface area (Å²) in [7, 11) is 0. The van der Waals surface area contributed by atoms with Gasteiger partial charge in [-0.3, -0.25) is 4.90 Å². The Labute approximate surface area is 106 Å². The lowest BCUT2D eigenvalue weighted by atomic mass is 9.90. The molecule has 1 fully saturated rings. The van der Waals surface area contributed by atoms with Crippen LogP contribution in [0.4, 0.5) is 13.2 Å². The lowest BCUT2D eigenvalue weighted by Gasteiger charge is -2.40. The molecule has 0 aromatic heterocycles. The molecule has 5 heteroatoms. The maximum Gasteiger partial charge on any atom is 0.412 e. The molecular formula is C13H21F3N2. The van der Waals surface area contributed by atoms with Crippen LogP contribution in [0, 0.1) is 0 Å². The zero-order valence-electron chi connectivity index (χ0n) is 10.8. The average molecular weight is 262 g/mol. The highest BCUT2D eigenvalue weighted by atomic mass is 19.4. The van der Waals surface area contributed by atoms with Gasteiger partial charge in [-0.05, 0) is 32.7 Å². The van der Waals surface area contributed by atoms with Gasteiger partial charge in [0.25, 0.3) is 0 Å². The van der Waals surface area contributed by atoms with Crippen LogP contribution in [-0.4, -0.2) is 42.8 Å². The second kappa shape index (κ2) is 5.21. The molecule has 1 unspecified atom stereocenters. The first-order valence-electron chi connectivity index (χ1n) is 6.63. The summed E-state index contributed by atoms with van der Waals surface area (Å²) in [4.78, 5) is 2.12. The van der Waals surface area contributed by atoms with Gasteiger partial charge in [-0.1, -0.05) is 12.5 Å². The third-order valence-corrected chi connectivity index (χ3v) is 3.94. The Morgan fingerprint density at radius 2 is 2.17 bits per heavy atom. The van der Waals surface area contributed by atoms with Gasteiger partial charge in [0.15, 0.2) is 0 Å². The molecular weight excluding hydrogens is 241 g/mol. The van der Waals surface area contributed by atoms with Crippen LogP contribution in [0.15, 0.2) is 11.6 Å². The summed E-state index contributed by atoms with van der Waals surface area (Å²) < 4.78 is 37.5. The monoisotopic (exact) mass is 262 g/mol. The predicted molar refractivity (Wildman–Crippen MR) is 65.5 cm³/mol. The zero-order chi connectivity index (χ0) is 13.2. The van der Waals surface area contributed by atoms with Crippen molar-refractivity contribution in [1.29, 1.82) is 0 Å². The van der Waals surface area contributed by atoms with Crippen LogP contribution in [0.25, 0.3) is 0 Å². The largest absolute Gasteiger partial charge is 0.412 e. The smallest absolute Gasteiger partial charge is 0.310 e. The lowest BCUT2D eigenvalue weighted by molar-refractivity contribution is -0.0961. The summed E-state index contributed by atoms with van der Waals surface area (Å²) >= 11 is 0. The van der Waals surface area contributed by atoms with Crippen molar-refractivity contribution in [2.24, 2.45) is 0 Å². The van der Waals surface area contributed by atoms with E-state index >= 15 is 0 Å². The number of hydrogen-bond donors (Lipinski definition) is 1. The van der Waals surface area contributed by atoms with E-state index in [0.29, 0.717) is 13.1 Å². The van der Waals surface area contributed by atoms with Crippen molar-refractivity contribution < 1.29 is 13.2 Å². The number of nitrogens with one attached hydrogen (secondary N) is 1. The predicted octanol–water partition coefficient (Wildman–Crippen LogP) is 2.71. The van der Waals surface area contributed by atoms with Crippen LogP contribution in [0.3, 0.4) is 0 Å². The summed E-state index contributed by atoms with van der Waals surface area (Å²) in [5.74, 6) is 0. The summed E-state index contributed by atoms with van der Waals surface area (Å²) in [6.07, 6.45) is 0.850. The van der Waals surface area contributed by atoms with Crippen molar-refractivity contribution in [3.05, 3.63) is 11.6 Å². The summed E-state index contributed by atoms with van der Waals surface area (Å²) in [6.45, 7) is 4.98. The van der Waals surface area contributed by atoms with Crippen LogP contribution in [-0.2, 0) is 0 Å². The Morgan fingerprint density at radius 1 is 1.39 bits per heavy atom. The minimum Gasteiger partial charge on any atom is -0.310 e. The first-order valence-corrected chi connectivity index (χ1v) is 6.63. The number of hydrogen-bond acceptors (Lipinski definition) is 2. The van der Waals surface area contributed by atoms with E-state index in [1.807, 2.05) is 0 Å². The molecule has 2 aliphatic rings. The second-order valence-corrected chi connectivity index (χ2v) is 5.66. The summed E-state index contributed by atoms with van der Waals surface area (Å²) in [5.41, 5.74) is -0.289. The molecule has 1 N–H and O–H groups in total. The van der Waals surface area contributed by atoms with Crippen LogP contribution in [0.5, 0.6) is 0 Å². The van der Waals surface area contributed by atoms with E-state index in [0.717, 1.165) is 19.5 Å². The van der Waals surface area contributed by atoms with Crippen LogP contribution >= 0.6 is 0 Å². The fourth-order valence-corrected chi connectivity index (χ4v) is 2.86. The quantitative estimate of drug-likeness (QED) is 0.770. The minimum absolute atomic E-state index is 0.0713. The molecule has 0 saturated carbocycles. The Hall–Kier alpha value is -0.550. The molecule has 0 spiro atoms. The van der Waals surface area contributed by atoms with Gasteiger partial charge in [-0.15, -0.1) is 0 Å². The topological polar surface area (TPSA) is 15.3 Å². The maximum atomic E-state index is 12.5. The number of rotatable bonds is 2. The van der Waals surface area contributed by atoms with Crippen molar-refractivity contribution in [1.82, 2.24) is 10.2 Å². The van der Waals surface area contributed by atoms with Gasteiger partial charge < -0.3 is 5.32 Å². The first kappa shape index (κ1) is 13.9. The van der Waals surface area contributed by atoms with E-state index in [1.165, 1.54) is 18.9 Å². The Morgan fingerprint density at radius 3 is 2.67 bits per heavy atom. The number of alkyl halides is 3. The van der Waals surface area contributed by atoms with E-state index in [1.54, 1.807) is 0 Å². The van der Waals surface area contributed by atoms with E-state index in [4.69, 9.17) is 0 Å². The minimum atomic E-state index is -4.14. The van der Waals surface area contributed by atoms with Gasteiger partial charge >= 0.3 is 6.18 Å². The zero-order valence-corrected chi connectivity index (χ0v) is 10.8. The van der Waals surface area contributed by atoms with Crippen LogP contribution < -0.4 is 5.32 Å². The van der Waals surface area contributed by atoms with Crippen LogP contribution in [0.1, 0.15) is 32.6 Å². The second-order valence-electron chi connectivity index (χ2n) is 5.66.